The highest BCUT2D eigenvalue weighted by Gasteiger charge is 2.09. The Morgan fingerprint density at radius 1 is 1.26 bits per heavy atom. The molecule has 1 aromatic carbocycles. The Morgan fingerprint density at radius 3 is 2.53 bits per heavy atom. The number of nitrogens with two attached hydrogens (primary N) is 1. The largest absolute Gasteiger partial charge is 0.496 e. The molecule has 3 nitrogen and oxygen atoms in total. The molecule has 1 aromatic rings. The summed E-state index contributed by atoms with van der Waals surface area (Å²) >= 11 is 0. The first-order chi connectivity index (χ1) is 8.93. The zero-order valence-corrected chi connectivity index (χ0v) is 13.0. The van der Waals surface area contributed by atoms with E-state index in [-0.39, 0.29) is 6.04 Å². The molecule has 0 spiro atoms. The quantitative estimate of drug-likeness (QED) is 0.822. The summed E-state index contributed by atoms with van der Waals surface area (Å²) in [5, 5.41) is 0. The lowest BCUT2D eigenvalue weighted by atomic mass is 10.0. The van der Waals surface area contributed by atoms with Crippen LogP contribution in [0.2, 0.25) is 0 Å². The van der Waals surface area contributed by atoms with Crippen molar-refractivity contribution in [3.8, 4) is 5.75 Å². The second-order valence-electron chi connectivity index (χ2n) is 5.58. The Balaban J connectivity index is 2.62. The summed E-state index contributed by atoms with van der Waals surface area (Å²) in [6.45, 7) is 8.40. The molecule has 0 bridgehead atoms. The molecule has 108 valence electrons. The van der Waals surface area contributed by atoms with E-state index >= 15 is 0 Å². The third kappa shape index (κ3) is 5.21. The van der Waals surface area contributed by atoms with E-state index in [1.807, 2.05) is 0 Å². The van der Waals surface area contributed by atoms with Crippen LogP contribution in [0.5, 0.6) is 5.75 Å². The lowest BCUT2D eigenvalue weighted by molar-refractivity contribution is 0.321. The smallest absolute Gasteiger partial charge is 0.122 e. The van der Waals surface area contributed by atoms with Crippen molar-refractivity contribution in [1.82, 2.24) is 4.90 Å². The molecule has 1 atom stereocenters. The minimum Gasteiger partial charge on any atom is -0.496 e. The van der Waals surface area contributed by atoms with Gasteiger partial charge in [0.1, 0.15) is 5.75 Å². The van der Waals surface area contributed by atoms with Gasteiger partial charge in [0.05, 0.1) is 7.11 Å². The number of ether oxygens (including phenoxy) is 1. The number of likely N-dealkylation sites (N-methyl/N-ethyl adjacent to an activating group) is 1. The lowest BCUT2D eigenvalue weighted by Crippen LogP contribution is -2.27. The number of benzene rings is 1. The summed E-state index contributed by atoms with van der Waals surface area (Å²) in [4.78, 5) is 2.34. The zero-order valence-electron chi connectivity index (χ0n) is 13.0. The number of hydrogen-bond donors (Lipinski definition) is 1. The van der Waals surface area contributed by atoms with Gasteiger partial charge in [-0.1, -0.05) is 6.07 Å². The SMILES string of the molecule is COc1cc(C)cc(C)c1CCN(C)CCC(C)N. The highest BCUT2D eigenvalue weighted by Crippen LogP contribution is 2.24. The van der Waals surface area contributed by atoms with Crippen molar-refractivity contribution < 1.29 is 4.74 Å². The van der Waals surface area contributed by atoms with Gasteiger partial charge in [-0.05, 0) is 70.0 Å². The molecule has 0 heterocycles. The summed E-state index contributed by atoms with van der Waals surface area (Å²) in [5.74, 6) is 1.01. The first kappa shape index (κ1) is 16.0. The molecule has 0 aliphatic heterocycles. The van der Waals surface area contributed by atoms with Gasteiger partial charge in [0.25, 0.3) is 0 Å². The van der Waals surface area contributed by atoms with E-state index in [0.29, 0.717) is 0 Å². The van der Waals surface area contributed by atoms with E-state index in [1.165, 1.54) is 16.7 Å². The Morgan fingerprint density at radius 2 is 1.95 bits per heavy atom. The van der Waals surface area contributed by atoms with Crippen LogP contribution in [-0.4, -0.2) is 38.2 Å². The van der Waals surface area contributed by atoms with Crippen molar-refractivity contribution in [2.24, 2.45) is 5.73 Å². The van der Waals surface area contributed by atoms with Crippen molar-refractivity contribution in [2.75, 3.05) is 27.2 Å². The summed E-state index contributed by atoms with van der Waals surface area (Å²) < 4.78 is 5.50. The van der Waals surface area contributed by atoms with Crippen LogP contribution in [0.1, 0.15) is 30.0 Å². The van der Waals surface area contributed by atoms with Gasteiger partial charge in [-0.15, -0.1) is 0 Å². The van der Waals surface area contributed by atoms with Crippen molar-refractivity contribution >= 4 is 0 Å². The van der Waals surface area contributed by atoms with E-state index in [2.05, 4.69) is 44.9 Å². The van der Waals surface area contributed by atoms with Gasteiger partial charge in [-0.25, -0.2) is 0 Å². The molecule has 0 aliphatic rings. The Bertz CT molecular complexity index is 402. The summed E-state index contributed by atoms with van der Waals surface area (Å²) in [6.07, 6.45) is 2.06. The average Bonchev–Trinajstić information content (AvgIpc) is 2.34. The molecule has 1 rings (SSSR count). The second-order valence-corrected chi connectivity index (χ2v) is 5.58. The molecule has 0 aromatic heterocycles. The van der Waals surface area contributed by atoms with Gasteiger partial charge in [-0.2, -0.15) is 0 Å². The lowest BCUT2D eigenvalue weighted by Gasteiger charge is -2.19. The van der Waals surface area contributed by atoms with Crippen LogP contribution >= 0.6 is 0 Å². The normalized spacial score (nSPS) is 12.8. The van der Waals surface area contributed by atoms with Crippen LogP contribution in [0.25, 0.3) is 0 Å². The van der Waals surface area contributed by atoms with Crippen molar-refractivity contribution in [2.45, 2.75) is 39.7 Å². The molecule has 19 heavy (non-hydrogen) atoms. The first-order valence-corrected chi connectivity index (χ1v) is 7.02. The van der Waals surface area contributed by atoms with Gasteiger partial charge in [0.15, 0.2) is 0 Å². The predicted octanol–water partition coefficient (Wildman–Crippen LogP) is 2.52. The Kier molecular flexibility index (Phi) is 6.32. The maximum absolute atomic E-state index is 5.79. The molecular formula is C16H28N2O. The van der Waals surface area contributed by atoms with Crippen LogP contribution in [-0.2, 0) is 6.42 Å². The zero-order chi connectivity index (χ0) is 14.4. The van der Waals surface area contributed by atoms with Gasteiger partial charge < -0.3 is 15.4 Å². The van der Waals surface area contributed by atoms with E-state index in [9.17, 15) is 0 Å². The fourth-order valence-electron chi connectivity index (χ4n) is 2.30. The molecule has 0 amide bonds. The molecule has 0 radical (unpaired) electrons. The van der Waals surface area contributed by atoms with Crippen molar-refractivity contribution in [3.05, 3.63) is 28.8 Å². The third-order valence-electron chi connectivity index (χ3n) is 3.51. The van der Waals surface area contributed by atoms with Crippen molar-refractivity contribution in [1.29, 1.82) is 0 Å². The molecule has 0 fully saturated rings. The Labute approximate surface area is 117 Å². The number of nitrogens with zero attached hydrogens (tertiary/aromatic N) is 1. The standard InChI is InChI=1S/C16H28N2O/c1-12-10-13(2)15(16(11-12)19-5)7-9-18(4)8-6-14(3)17/h10-11,14H,6-9,17H2,1-5H3. The summed E-state index contributed by atoms with van der Waals surface area (Å²) in [6, 6.07) is 4.61. The fraction of sp³-hybridized carbons (Fsp3) is 0.625. The molecule has 1 unspecified atom stereocenters. The molecule has 0 aliphatic carbocycles. The van der Waals surface area contributed by atoms with E-state index in [4.69, 9.17) is 10.5 Å². The van der Waals surface area contributed by atoms with Crippen LogP contribution in [0.3, 0.4) is 0 Å². The fourth-order valence-corrected chi connectivity index (χ4v) is 2.30. The van der Waals surface area contributed by atoms with Crippen molar-refractivity contribution in [3.63, 3.8) is 0 Å². The second kappa shape index (κ2) is 7.51. The van der Waals surface area contributed by atoms with E-state index in [0.717, 1.165) is 31.7 Å². The monoisotopic (exact) mass is 264 g/mol. The van der Waals surface area contributed by atoms with Crippen LogP contribution < -0.4 is 10.5 Å². The predicted molar refractivity (Wildman–Crippen MR) is 81.9 cm³/mol. The number of rotatable bonds is 7. The minimum absolute atomic E-state index is 0.276. The van der Waals surface area contributed by atoms with Crippen LogP contribution in [0.15, 0.2) is 12.1 Å². The van der Waals surface area contributed by atoms with E-state index in [1.54, 1.807) is 7.11 Å². The maximum Gasteiger partial charge on any atom is 0.122 e. The number of methoxy groups -OCH3 is 1. The highest BCUT2D eigenvalue weighted by atomic mass is 16.5. The van der Waals surface area contributed by atoms with Gasteiger partial charge in [-0.3, -0.25) is 0 Å². The van der Waals surface area contributed by atoms with Gasteiger partial charge in [0, 0.05) is 12.6 Å². The molecule has 2 N–H and O–H groups in total. The maximum atomic E-state index is 5.79. The molecule has 3 heteroatoms. The van der Waals surface area contributed by atoms with Gasteiger partial charge >= 0.3 is 0 Å². The summed E-state index contributed by atoms with van der Waals surface area (Å²) in [5.41, 5.74) is 9.68. The molecular weight excluding hydrogens is 236 g/mol. The van der Waals surface area contributed by atoms with Gasteiger partial charge in [0.2, 0.25) is 0 Å². The van der Waals surface area contributed by atoms with E-state index < -0.39 is 0 Å². The average molecular weight is 264 g/mol. The Hall–Kier alpha value is -1.06. The number of aryl methyl sites for hydroxylation is 2. The highest BCUT2D eigenvalue weighted by molar-refractivity contribution is 5.43. The van der Waals surface area contributed by atoms with Crippen LogP contribution in [0, 0.1) is 13.8 Å². The summed E-state index contributed by atoms with van der Waals surface area (Å²) in [7, 11) is 3.90. The number of hydrogen-bond acceptors (Lipinski definition) is 3. The molecule has 0 saturated heterocycles. The molecule has 0 saturated carbocycles. The van der Waals surface area contributed by atoms with Crippen LogP contribution in [0.4, 0.5) is 0 Å². The first-order valence-electron chi connectivity index (χ1n) is 7.02. The minimum atomic E-state index is 0.276. The third-order valence-corrected chi connectivity index (χ3v) is 3.51. The topological polar surface area (TPSA) is 38.5 Å².